The van der Waals surface area contributed by atoms with Gasteiger partial charge in [0.1, 0.15) is 0 Å². The molecule has 0 saturated carbocycles. The molecular formula is C21H33BN4O4. The topological polar surface area (TPSA) is 134 Å². The zero-order chi connectivity index (χ0) is 22.5. The molecule has 8 nitrogen and oxygen atoms in total. The lowest BCUT2D eigenvalue weighted by Crippen LogP contribution is -2.47. The number of ether oxygens (including phenoxy) is 1. The van der Waals surface area contributed by atoms with E-state index in [0.29, 0.717) is 18.1 Å². The Morgan fingerprint density at radius 3 is 2.57 bits per heavy atom. The summed E-state index contributed by atoms with van der Waals surface area (Å²) in [5.74, 6) is 5.41. The van der Waals surface area contributed by atoms with Crippen LogP contribution in [0.25, 0.3) is 5.70 Å². The molecule has 7 N–H and O–H groups in total. The first-order valence-corrected chi connectivity index (χ1v) is 9.92. The Bertz CT molecular complexity index is 751. The Balaban J connectivity index is 2.62. The fourth-order valence-electron chi connectivity index (χ4n) is 2.73. The summed E-state index contributed by atoms with van der Waals surface area (Å²) in [6.07, 6.45) is 5.52. The second-order valence-corrected chi connectivity index (χ2v) is 6.78. The molecule has 0 heterocycles. The number of allylic oxidation sites excluding steroid dienone is 3. The summed E-state index contributed by atoms with van der Waals surface area (Å²) in [6, 6.07) is 9.35. The summed E-state index contributed by atoms with van der Waals surface area (Å²) >= 11 is 0. The van der Waals surface area contributed by atoms with Gasteiger partial charge < -0.3 is 30.8 Å². The molecule has 0 radical (unpaired) electrons. The highest BCUT2D eigenvalue weighted by molar-refractivity contribution is 6.43. The van der Waals surface area contributed by atoms with Gasteiger partial charge >= 0.3 is 7.12 Å². The number of carbonyl (C=O) groups excluding carboxylic acids is 1. The predicted octanol–water partition coefficient (Wildman–Crippen LogP) is 1.28. The molecule has 0 aromatic heterocycles. The van der Waals surface area contributed by atoms with Gasteiger partial charge in [0.25, 0.3) is 0 Å². The third-order valence-electron chi connectivity index (χ3n) is 4.30. The second kappa shape index (κ2) is 13.5. The lowest BCUT2D eigenvalue weighted by atomic mass is 9.75. The van der Waals surface area contributed by atoms with Crippen LogP contribution < -0.4 is 16.9 Å². The molecule has 1 aromatic rings. The minimum Gasteiger partial charge on any atom is -0.499 e. The molecule has 1 rings (SSSR count). The average Bonchev–Trinajstić information content (AvgIpc) is 2.71. The lowest BCUT2D eigenvalue weighted by Gasteiger charge is -2.20. The molecule has 0 aliphatic rings. The van der Waals surface area contributed by atoms with E-state index in [1.165, 1.54) is 5.01 Å². The molecule has 1 aromatic carbocycles. The number of nitrogens with two attached hydrogens (primary N) is 2. The maximum atomic E-state index is 12.3. The van der Waals surface area contributed by atoms with Crippen LogP contribution in [0.5, 0.6) is 0 Å². The summed E-state index contributed by atoms with van der Waals surface area (Å²) in [5.41, 5.74) is 8.13. The Morgan fingerprint density at radius 1 is 1.33 bits per heavy atom. The summed E-state index contributed by atoms with van der Waals surface area (Å²) in [5, 5.41) is 23.3. The molecule has 0 bridgehead atoms. The maximum absolute atomic E-state index is 12.3. The summed E-state index contributed by atoms with van der Waals surface area (Å²) < 4.78 is 5.40. The van der Waals surface area contributed by atoms with Crippen molar-refractivity contribution in [3.63, 3.8) is 0 Å². The van der Waals surface area contributed by atoms with E-state index in [1.807, 2.05) is 63.3 Å². The van der Waals surface area contributed by atoms with E-state index < -0.39 is 13.1 Å². The van der Waals surface area contributed by atoms with Crippen molar-refractivity contribution in [1.29, 1.82) is 0 Å². The second-order valence-electron chi connectivity index (χ2n) is 6.78. The van der Waals surface area contributed by atoms with Gasteiger partial charge in [-0.25, -0.2) is 5.84 Å². The Hall–Kier alpha value is -2.75. The molecule has 9 heteroatoms. The van der Waals surface area contributed by atoms with Crippen LogP contribution in [0, 0.1) is 0 Å². The molecule has 0 spiro atoms. The quantitative estimate of drug-likeness (QED) is 0.114. The number of rotatable bonds is 12. The minimum atomic E-state index is -1.70. The highest BCUT2D eigenvalue weighted by Crippen LogP contribution is 2.12. The van der Waals surface area contributed by atoms with Crippen LogP contribution in [0.1, 0.15) is 39.2 Å². The molecule has 1 amide bonds. The lowest BCUT2D eigenvalue weighted by molar-refractivity contribution is -0.121. The van der Waals surface area contributed by atoms with Crippen molar-refractivity contribution in [2.24, 2.45) is 11.6 Å². The normalized spacial score (nSPS) is 13.6. The van der Waals surface area contributed by atoms with Crippen molar-refractivity contribution in [3.8, 4) is 0 Å². The predicted molar refractivity (Wildman–Crippen MR) is 120 cm³/mol. The van der Waals surface area contributed by atoms with Crippen LogP contribution in [0.2, 0.25) is 0 Å². The van der Waals surface area contributed by atoms with E-state index in [-0.39, 0.29) is 25.3 Å². The number of amides is 1. The molecule has 0 aliphatic heterocycles. The number of hydrazine groups is 1. The monoisotopic (exact) mass is 416 g/mol. The Kier molecular flexibility index (Phi) is 11.4. The van der Waals surface area contributed by atoms with Gasteiger partial charge in [0.2, 0.25) is 5.91 Å². The Morgan fingerprint density at radius 2 is 2.00 bits per heavy atom. The third-order valence-corrected chi connectivity index (χ3v) is 4.30. The van der Waals surface area contributed by atoms with Crippen LogP contribution in [-0.4, -0.2) is 47.2 Å². The molecule has 0 saturated heterocycles. The van der Waals surface area contributed by atoms with Crippen LogP contribution in [0.3, 0.4) is 0 Å². The number of carbonyl (C=O) groups is 1. The largest absolute Gasteiger partial charge is 0.499 e. The summed E-state index contributed by atoms with van der Waals surface area (Å²) in [4.78, 5) is 12.3. The van der Waals surface area contributed by atoms with Gasteiger partial charge in [0.05, 0.1) is 24.0 Å². The van der Waals surface area contributed by atoms with E-state index >= 15 is 0 Å². The van der Waals surface area contributed by atoms with Crippen LogP contribution >= 0.6 is 0 Å². The number of hydrogen-bond donors (Lipinski definition) is 5. The summed E-state index contributed by atoms with van der Waals surface area (Å²) in [7, 11) is -1.70. The van der Waals surface area contributed by atoms with Gasteiger partial charge in [-0.15, -0.1) is 0 Å². The van der Waals surface area contributed by atoms with E-state index in [9.17, 15) is 14.8 Å². The van der Waals surface area contributed by atoms with Gasteiger partial charge in [-0.1, -0.05) is 36.4 Å². The molecule has 30 heavy (non-hydrogen) atoms. The molecule has 1 atom stereocenters. The van der Waals surface area contributed by atoms with Gasteiger partial charge in [0.15, 0.2) is 0 Å². The van der Waals surface area contributed by atoms with Gasteiger partial charge in [-0.05, 0) is 44.4 Å². The number of hydrogen-bond acceptors (Lipinski definition) is 7. The zero-order valence-electron chi connectivity index (χ0n) is 17.9. The number of nitrogens with one attached hydrogen (secondary N) is 1. The van der Waals surface area contributed by atoms with Crippen LogP contribution in [0.4, 0.5) is 0 Å². The smallest absolute Gasteiger partial charge is 0.475 e. The van der Waals surface area contributed by atoms with Crippen molar-refractivity contribution in [1.82, 2.24) is 10.3 Å². The zero-order valence-corrected chi connectivity index (χ0v) is 17.9. The van der Waals surface area contributed by atoms with E-state index in [2.05, 4.69) is 5.32 Å². The SMILES string of the molecule is C/C=C(\C=C(/C)OCC)C[C@H](NC(=O)CCN(N)/C=C(\N)c1ccccc1)B(O)O. The average molecular weight is 416 g/mol. The number of nitrogens with zero attached hydrogens (tertiary/aromatic N) is 1. The third kappa shape index (κ3) is 9.64. The highest BCUT2D eigenvalue weighted by Gasteiger charge is 2.25. The maximum Gasteiger partial charge on any atom is 0.475 e. The first kappa shape index (κ1) is 25.3. The van der Waals surface area contributed by atoms with E-state index in [1.54, 1.807) is 6.20 Å². The molecule has 0 unspecified atom stereocenters. The minimum absolute atomic E-state index is 0.0667. The summed E-state index contributed by atoms with van der Waals surface area (Å²) in [6.45, 7) is 6.30. The number of benzene rings is 1. The molecular weight excluding hydrogens is 383 g/mol. The van der Waals surface area contributed by atoms with Gasteiger partial charge in [-0.3, -0.25) is 4.79 Å². The van der Waals surface area contributed by atoms with Crippen molar-refractivity contribution < 1.29 is 19.6 Å². The Labute approximate surface area is 179 Å². The molecule has 0 aliphatic carbocycles. The van der Waals surface area contributed by atoms with E-state index in [4.69, 9.17) is 16.3 Å². The van der Waals surface area contributed by atoms with Gasteiger partial charge in [0, 0.05) is 19.2 Å². The van der Waals surface area contributed by atoms with Crippen molar-refractivity contribution in [2.45, 2.75) is 39.6 Å². The van der Waals surface area contributed by atoms with E-state index in [0.717, 1.165) is 11.1 Å². The van der Waals surface area contributed by atoms with Crippen molar-refractivity contribution >= 4 is 18.7 Å². The fraction of sp³-hybridized carbons (Fsp3) is 0.381. The van der Waals surface area contributed by atoms with Gasteiger partial charge in [-0.2, -0.15) is 0 Å². The molecule has 164 valence electrons. The standard InChI is InChI=1S/C21H33BN4O4/c1-4-17(13-16(3)30-5-2)14-20(22(28)29)25-21(27)11-12-26(24)15-19(23)18-9-7-6-8-10-18/h4,6-10,13,15,20,28-29H,5,11-12,14,23-24H2,1-3H3,(H,25,27)/b16-13+,17-4+,19-15-/t20-/m0/s1. The molecule has 0 fully saturated rings. The van der Waals surface area contributed by atoms with Crippen LogP contribution in [0.15, 0.2) is 60.0 Å². The highest BCUT2D eigenvalue weighted by atomic mass is 16.5. The van der Waals surface area contributed by atoms with Crippen molar-refractivity contribution in [3.05, 3.63) is 65.6 Å². The fourth-order valence-corrected chi connectivity index (χ4v) is 2.73. The first-order valence-electron chi connectivity index (χ1n) is 9.92. The first-order chi connectivity index (χ1) is 14.3. The van der Waals surface area contributed by atoms with Crippen molar-refractivity contribution in [2.75, 3.05) is 13.2 Å². The van der Waals surface area contributed by atoms with Crippen LogP contribution in [-0.2, 0) is 9.53 Å².